The Morgan fingerprint density at radius 2 is 0.889 bits per heavy atom. The first-order valence-corrected chi connectivity index (χ1v) is 14.1. The van der Waals surface area contributed by atoms with E-state index in [1.54, 1.807) is 54.6 Å². The molecule has 0 amide bonds. The van der Waals surface area contributed by atoms with Gasteiger partial charge in [0, 0.05) is 10.8 Å². The number of benzene rings is 8. The normalized spacial score (nSPS) is 16.5. The monoisotopic (exact) mass is 588 g/mol. The van der Waals surface area contributed by atoms with Crippen molar-refractivity contribution in [2.75, 3.05) is 0 Å². The summed E-state index contributed by atoms with van der Waals surface area (Å²) in [6.07, 6.45) is 0. The Balaban J connectivity index is 1.31. The molecule has 0 aliphatic carbocycles. The lowest BCUT2D eigenvalue weighted by Crippen LogP contribution is -1.91. The number of para-hydroxylation sites is 1. The van der Waals surface area contributed by atoms with Crippen LogP contribution >= 0.6 is 0 Å². The van der Waals surface area contributed by atoms with Crippen LogP contribution in [0.15, 0.2) is 174 Å². The summed E-state index contributed by atoms with van der Waals surface area (Å²) in [6, 6.07) is 13.1. The summed E-state index contributed by atoms with van der Waals surface area (Å²) < 4.78 is 145. The van der Waals surface area contributed by atoms with Gasteiger partial charge < -0.3 is 4.42 Å². The van der Waals surface area contributed by atoms with Crippen molar-refractivity contribution in [2.24, 2.45) is 0 Å². The average molecular weight is 589 g/mol. The van der Waals surface area contributed by atoms with E-state index < -0.39 is 95.7 Å². The number of hydrogen-bond acceptors (Lipinski definition) is 1. The molecule has 9 aromatic rings. The minimum absolute atomic E-state index is 0.0128. The van der Waals surface area contributed by atoms with Gasteiger partial charge in [-0.25, -0.2) is 0 Å². The van der Waals surface area contributed by atoms with E-state index >= 15 is 0 Å². The second-order valence-corrected chi connectivity index (χ2v) is 10.4. The molecule has 0 N–H and O–H groups in total. The zero-order valence-corrected chi connectivity index (χ0v) is 23.3. The first-order valence-electron chi connectivity index (χ1n) is 22.1. The van der Waals surface area contributed by atoms with Crippen LogP contribution in [0, 0.1) is 0 Å². The van der Waals surface area contributed by atoms with Gasteiger partial charge in [0.1, 0.15) is 11.2 Å². The van der Waals surface area contributed by atoms with Crippen molar-refractivity contribution < 1.29 is 26.3 Å². The van der Waals surface area contributed by atoms with E-state index in [9.17, 15) is 4.11 Å². The maximum atomic E-state index is 9.33. The second kappa shape index (κ2) is 10.4. The van der Waals surface area contributed by atoms with E-state index in [4.69, 9.17) is 22.2 Å². The van der Waals surface area contributed by atoms with Crippen LogP contribution < -0.4 is 0 Å². The molecule has 9 rings (SSSR count). The molecule has 0 saturated heterocycles. The average Bonchev–Trinajstić information content (AvgIpc) is 3.67. The molecule has 0 atom stereocenters. The van der Waals surface area contributed by atoms with Crippen molar-refractivity contribution in [3.8, 4) is 44.5 Å². The molecule has 0 bridgehead atoms. The Kier molecular flexibility index (Phi) is 3.28. The molecular formula is C44H28O. The molecule has 1 nitrogen and oxygen atoms in total. The first-order chi connectivity index (χ1) is 29.0. The van der Waals surface area contributed by atoms with Gasteiger partial charge >= 0.3 is 0 Å². The molecule has 1 aromatic heterocycles. The summed E-state index contributed by atoms with van der Waals surface area (Å²) in [4.78, 5) is 0. The van der Waals surface area contributed by atoms with Crippen LogP contribution in [-0.2, 0) is 0 Å². The molecule has 0 unspecified atom stereocenters. The predicted molar refractivity (Wildman–Crippen MR) is 190 cm³/mol. The van der Waals surface area contributed by atoms with Crippen LogP contribution in [0.2, 0.25) is 0 Å². The Morgan fingerprint density at radius 1 is 0.356 bits per heavy atom. The van der Waals surface area contributed by atoms with Crippen LogP contribution in [0.3, 0.4) is 0 Å². The Bertz CT molecular complexity index is 3330. The lowest BCUT2D eigenvalue weighted by atomic mass is 9.85. The number of furan rings is 1. The SMILES string of the molecule is [2H]c1c([2H])c([2H])c(-c2c([2H])c([2H])c(-c3c4ccccc4c(-c4cccc(-c5c([2H])c([2H])c6oc7c([2H])c([2H])c([2H])c([2H])c7c6c5[2H])c4)c4ccccc34)c([2H])c2[2H])c([2H])c1[2H]. The first kappa shape index (κ1) is 14.2. The molecule has 0 spiro atoms. The lowest BCUT2D eigenvalue weighted by Gasteiger charge is -2.18. The molecule has 45 heavy (non-hydrogen) atoms. The van der Waals surface area contributed by atoms with E-state index in [2.05, 4.69) is 0 Å². The van der Waals surface area contributed by atoms with Gasteiger partial charge in [-0.2, -0.15) is 0 Å². The van der Waals surface area contributed by atoms with Crippen LogP contribution in [0.5, 0.6) is 0 Å². The molecule has 0 fully saturated rings. The van der Waals surface area contributed by atoms with Crippen LogP contribution in [0.4, 0.5) is 0 Å². The molecule has 0 aliphatic heterocycles. The molecule has 210 valence electrons. The lowest BCUT2D eigenvalue weighted by molar-refractivity contribution is 0.669. The van der Waals surface area contributed by atoms with Crippen molar-refractivity contribution in [1.82, 2.24) is 0 Å². The summed E-state index contributed by atoms with van der Waals surface area (Å²) in [5.41, 5.74) is 0.785. The molecule has 1 heteroatoms. The topological polar surface area (TPSA) is 13.1 Å². The molecule has 8 aromatic carbocycles. The highest BCUT2D eigenvalue weighted by Crippen LogP contribution is 2.44. The quantitative estimate of drug-likeness (QED) is 0.186. The maximum absolute atomic E-state index is 9.33. The number of rotatable bonds is 4. The maximum Gasteiger partial charge on any atom is 0.135 e. The molecule has 1 heterocycles. The van der Waals surface area contributed by atoms with Crippen molar-refractivity contribution in [3.05, 3.63) is 169 Å². The fourth-order valence-corrected chi connectivity index (χ4v) is 5.92. The smallest absolute Gasteiger partial charge is 0.135 e. The van der Waals surface area contributed by atoms with Gasteiger partial charge in [-0.3, -0.25) is 0 Å². The van der Waals surface area contributed by atoms with Crippen molar-refractivity contribution in [3.63, 3.8) is 0 Å². The summed E-state index contributed by atoms with van der Waals surface area (Å²) in [6.45, 7) is 0. The summed E-state index contributed by atoms with van der Waals surface area (Å²) >= 11 is 0. The van der Waals surface area contributed by atoms with Gasteiger partial charge in [0.15, 0.2) is 0 Å². The fraction of sp³-hybridized carbons (Fsp3) is 0. The van der Waals surface area contributed by atoms with Gasteiger partial charge in [-0.05, 0) is 90.2 Å². The Morgan fingerprint density at radius 3 is 1.60 bits per heavy atom. The summed E-state index contributed by atoms with van der Waals surface area (Å²) in [5.74, 6) is 0. The molecular weight excluding hydrogens is 544 g/mol. The number of hydrogen-bond donors (Lipinski definition) is 0. The van der Waals surface area contributed by atoms with E-state index in [0.29, 0.717) is 43.8 Å². The molecule has 0 saturated carbocycles. The van der Waals surface area contributed by atoms with E-state index in [1.807, 2.05) is 18.2 Å². The van der Waals surface area contributed by atoms with Gasteiger partial charge in [-0.15, -0.1) is 0 Å². The van der Waals surface area contributed by atoms with Crippen molar-refractivity contribution >= 4 is 43.5 Å². The zero-order valence-electron chi connectivity index (χ0n) is 39.3. The van der Waals surface area contributed by atoms with Crippen LogP contribution in [0.1, 0.15) is 21.9 Å². The predicted octanol–water partition coefficient (Wildman–Crippen LogP) is 12.6. The van der Waals surface area contributed by atoms with Gasteiger partial charge in [-0.1, -0.05) is 145 Å². The summed E-state index contributed by atoms with van der Waals surface area (Å²) in [7, 11) is 0. The van der Waals surface area contributed by atoms with Crippen molar-refractivity contribution in [1.29, 1.82) is 0 Å². The third-order valence-electron chi connectivity index (χ3n) is 7.88. The third-order valence-corrected chi connectivity index (χ3v) is 7.88. The number of fused-ring (bicyclic) bond motifs is 5. The van der Waals surface area contributed by atoms with Crippen molar-refractivity contribution in [2.45, 2.75) is 0 Å². The Labute approximate surface area is 284 Å². The highest BCUT2D eigenvalue weighted by Gasteiger charge is 2.17. The third kappa shape index (κ3) is 4.24. The molecule has 0 radical (unpaired) electrons. The van der Waals surface area contributed by atoms with E-state index in [1.165, 1.54) is 0 Å². The highest BCUT2D eigenvalue weighted by molar-refractivity contribution is 6.21. The van der Waals surface area contributed by atoms with Gasteiger partial charge in [0.05, 0.1) is 21.9 Å². The Hall–Kier alpha value is -5.92. The van der Waals surface area contributed by atoms with E-state index in [0.717, 1.165) is 0 Å². The van der Waals surface area contributed by atoms with Gasteiger partial charge in [0.2, 0.25) is 0 Å². The van der Waals surface area contributed by atoms with Crippen LogP contribution in [-0.4, -0.2) is 0 Å². The highest BCUT2D eigenvalue weighted by atomic mass is 16.3. The standard InChI is InChI=1S/C44H28O/c1-2-11-29(12-3-1)30-21-23-31(24-22-30)43-36-16-4-6-18-38(36)44(39-19-7-5-17-37(39)43)34-14-10-13-32(27-34)33-25-26-42-40(28-33)35-15-8-9-20-41(35)45-42/h1-28H/i1D,2D,3D,8D,9D,11D,12D,15D,20D,21D,22D,23D,24D,25D,26D,28D. The second-order valence-electron chi connectivity index (χ2n) is 10.4. The van der Waals surface area contributed by atoms with Gasteiger partial charge in [0.25, 0.3) is 0 Å². The fourth-order valence-electron chi connectivity index (χ4n) is 5.92. The zero-order chi connectivity index (χ0) is 43.7. The largest absolute Gasteiger partial charge is 0.456 e. The van der Waals surface area contributed by atoms with E-state index in [-0.39, 0.29) is 45.2 Å². The summed E-state index contributed by atoms with van der Waals surface area (Å²) in [5, 5.41) is 2.32. The minimum atomic E-state index is -0.669. The minimum Gasteiger partial charge on any atom is -0.456 e. The molecule has 0 aliphatic rings. The van der Waals surface area contributed by atoms with Crippen LogP contribution in [0.25, 0.3) is 88.0 Å².